The van der Waals surface area contributed by atoms with Crippen molar-refractivity contribution in [2.45, 2.75) is 38.3 Å². The van der Waals surface area contributed by atoms with Crippen LogP contribution >= 0.6 is 0 Å². The van der Waals surface area contributed by atoms with Crippen LogP contribution in [0.4, 0.5) is 0 Å². The van der Waals surface area contributed by atoms with E-state index in [9.17, 15) is 0 Å². The molecular formula is C12H24N2O. The normalized spacial score (nSPS) is 32.2. The fourth-order valence-electron chi connectivity index (χ4n) is 2.50. The lowest BCUT2D eigenvalue weighted by molar-refractivity contribution is 0.00514. The first-order chi connectivity index (χ1) is 7.31. The molecule has 1 heterocycles. The molecule has 0 bridgehead atoms. The van der Waals surface area contributed by atoms with Crippen molar-refractivity contribution in [3.8, 4) is 0 Å². The molecule has 88 valence electrons. The van der Waals surface area contributed by atoms with Crippen LogP contribution in [-0.2, 0) is 4.74 Å². The predicted octanol–water partition coefficient (Wildman–Crippen LogP) is 1.10. The highest BCUT2D eigenvalue weighted by Gasteiger charge is 2.31. The topological polar surface area (TPSA) is 24.5 Å². The number of likely N-dealkylation sites (N-methyl/N-ethyl adjacent to an activating group) is 2. The van der Waals surface area contributed by atoms with Crippen LogP contribution in [0, 0.1) is 5.92 Å². The Morgan fingerprint density at radius 1 is 1.33 bits per heavy atom. The number of nitrogens with one attached hydrogen (secondary N) is 1. The van der Waals surface area contributed by atoms with Gasteiger partial charge in [-0.1, -0.05) is 6.92 Å². The minimum atomic E-state index is 0.583. The molecule has 2 rings (SSSR count). The van der Waals surface area contributed by atoms with Gasteiger partial charge in [0.25, 0.3) is 0 Å². The first-order valence-corrected chi connectivity index (χ1v) is 6.32. The Labute approximate surface area is 93.2 Å². The smallest absolute Gasteiger partial charge is 0.0636 e. The van der Waals surface area contributed by atoms with Gasteiger partial charge in [-0.05, 0) is 38.8 Å². The fraction of sp³-hybridized carbons (Fsp3) is 1.00. The highest BCUT2D eigenvalue weighted by molar-refractivity contribution is 4.88. The van der Waals surface area contributed by atoms with E-state index in [4.69, 9.17) is 4.74 Å². The van der Waals surface area contributed by atoms with Crippen LogP contribution in [0.25, 0.3) is 0 Å². The molecule has 0 aromatic rings. The van der Waals surface area contributed by atoms with Gasteiger partial charge in [-0.3, -0.25) is 4.90 Å². The molecule has 1 saturated carbocycles. The molecule has 2 unspecified atom stereocenters. The molecule has 3 heteroatoms. The summed E-state index contributed by atoms with van der Waals surface area (Å²) < 4.78 is 5.60. The quantitative estimate of drug-likeness (QED) is 0.738. The third-order valence-electron chi connectivity index (χ3n) is 3.60. The van der Waals surface area contributed by atoms with Crippen LogP contribution in [0.5, 0.6) is 0 Å². The Balaban J connectivity index is 1.84. The molecule has 1 saturated heterocycles. The Hall–Kier alpha value is -0.120. The highest BCUT2D eigenvalue weighted by atomic mass is 16.5. The van der Waals surface area contributed by atoms with E-state index >= 15 is 0 Å². The van der Waals surface area contributed by atoms with Crippen molar-refractivity contribution in [3.05, 3.63) is 0 Å². The summed E-state index contributed by atoms with van der Waals surface area (Å²) >= 11 is 0. The van der Waals surface area contributed by atoms with Crippen molar-refractivity contribution in [1.29, 1.82) is 0 Å². The van der Waals surface area contributed by atoms with Crippen LogP contribution in [0.1, 0.15) is 26.2 Å². The number of hydrogen-bond acceptors (Lipinski definition) is 3. The summed E-state index contributed by atoms with van der Waals surface area (Å²) in [6, 6.07) is 1.21. The van der Waals surface area contributed by atoms with E-state index in [1.54, 1.807) is 0 Å². The van der Waals surface area contributed by atoms with Crippen molar-refractivity contribution in [3.63, 3.8) is 0 Å². The zero-order chi connectivity index (χ0) is 10.7. The van der Waals surface area contributed by atoms with E-state index in [2.05, 4.69) is 24.2 Å². The first kappa shape index (κ1) is 11.4. The van der Waals surface area contributed by atoms with Crippen LogP contribution in [0.3, 0.4) is 0 Å². The lowest BCUT2D eigenvalue weighted by Crippen LogP contribution is -2.54. The van der Waals surface area contributed by atoms with Gasteiger partial charge in [0, 0.05) is 25.2 Å². The van der Waals surface area contributed by atoms with Gasteiger partial charge < -0.3 is 10.1 Å². The van der Waals surface area contributed by atoms with Crippen LogP contribution < -0.4 is 5.32 Å². The van der Waals surface area contributed by atoms with Gasteiger partial charge in [0.15, 0.2) is 0 Å². The summed E-state index contributed by atoms with van der Waals surface area (Å²) in [5.74, 6) is 0.971. The molecule has 15 heavy (non-hydrogen) atoms. The van der Waals surface area contributed by atoms with Gasteiger partial charge >= 0.3 is 0 Å². The largest absolute Gasteiger partial charge is 0.380 e. The second-order valence-corrected chi connectivity index (χ2v) is 4.98. The van der Waals surface area contributed by atoms with E-state index in [0.717, 1.165) is 32.1 Å². The molecule has 0 aromatic heterocycles. The Morgan fingerprint density at radius 2 is 2.13 bits per heavy atom. The van der Waals surface area contributed by atoms with Crippen molar-refractivity contribution in [2.75, 3.05) is 33.4 Å². The van der Waals surface area contributed by atoms with E-state index in [0.29, 0.717) is 12.1 Å². The van der Waals surface area contributed by atoms with Gasteiger partial charge in [0.2, 0.25) is 0 Å². The van der Waals surface area contributed by atoms with Crippen molar-refractivity contribution in [2.24, 2.45) is 5.92 Å². The fourth-order valence-corrected chi connectivity index (χ4v) is 2.50. The number of nitrogens with zero attached hydrogens (tertiary/aromatic N) is 1. The monoisotopic (exact) mass is 212 g/mol. The molecule has 3 nitrogen and oxygen atoms in total. The molecule has 1 N–H and O–H groups in total. The molecule has 2 atom stereocenters. The third kappa shape index (κ3) is 3.16. The van der Waals surface area contributed by atoms with E-state index < -0.39 is 0 Å². The van der Waals surface area contributed by atoms with Gasteiger partial charge in [0.05, 0.1) is 6.61 Å². The van der Waals surface area contributed by atoms with Gasteiger partial charge in [-0.2, -0.15) is 0 Å². The van der Waals surface area contributed by atoms with Gasteiger partial charge in [-0.15, -0.1) is 0 Å². The van der Waals surface area contributed by atoms with Crippen molar-refractivity contribution < 1.29 is 4.74 Å². The first-order valence-electron chi connectivity index (χ1n) is 6.32. The molecule has 2 aliphatic rings. The molecule has 1 aliphatic heterocycles. The second-order valence-electron chi connectivity index (χ2n) is 4.98. The number of rotatable bonds is 5. The molecule has 0 radical (unpaired) electrons. The molecular weight excluding hydrogens is 188 g/mol. The SMILES string of the molecule is CCNC1CCOCC1N(C)CC1CC1. The average molecular weight is 212 g/mol. The molecule has 0 amide bonds. The predicted molar refractivity (Wildman–Crippen MR) is 62.0 cm³/mol. The lowest BCUT2D eigenvalue weighted by atomic mass is 10.0. The number of ether oxygens (including phenoxy) is 1. The summed E-state index contributed by atoms with van der Waals surface area (Å²) in [7, 11) is 2.25. The number of hydrogen-bond donors (Lipinski definition) is 1. The average Bonchev–Trinajstić information content (AvgIpc) is 3.03. The lowest BCUT2D eigenvalue weighted by Gasteiger charge is -2.38. The maximum atomic E-state index is 5.60. The van der Waals surface area contributed by atoms with E-state index in [-0.39, 0.29) is 0 Å². The Morgan fingerprint density at radius 3 is 2.80 bits per heavy atom. The standard InChI is InChI=1S/C12H24N2O/c1-3-13-11-6-7-15-9-12(11)14(2)8-10-4-5-10/h10-13H,3-9H2,1-2H3. The zero-order valence-corrected chi connectivity index (χ0v) is 10.0. The Kier molecular flexibility index (Phi) is 4.00. The highest BCUT2D eigenvalue weighted by Crippen LogP contribution is 2.30. The third-order valence-corrected chi connectivity index (χ3v) is 3.60. The minimum absolute atomic E-state index is 0.583. The van der Waals surface area contributed by atoms with Crippen LogP contribution in [0.15, 0.2) is 0 Å². The van der Waals surface area contributed by atoms with Crippen LogP contribution in [0.2, 0.25) is 0 Å². The summed E-state index contributed by atoms with van der Waals surface area (Å²) in [6.07, 6.45) is 4.03. The molecule has 0 spiro atoms. The summed E-state index contributed by atoms with van der Waals surface area (Å²) in [5, 5.41) is 3.59. The maximum Gasteiger partial charge on any atom is 0.0636 e. The minimum Gasteiger partial charge on any atom is -0.380 e. The van der Waals surface area contributed by atoms with Gasteiger partial charge in [-0.25, -0.2) is 0 Å². The van der Waals surface area contributed by atoms with Crippen LogP contribution in [-0.4, -0.2) is 50.3 Å². The molecule has 1 aliphatic carbocycles. The van der Waals surface area contributed by atoms with Gasteiger partial charge in [0.1, 0.15) is 0 Å². The molecule has 2 fully saturated rings. The van der Waals surface area contributed by atoms with E-state index in [1.165, 1.54) is 19.4 Å². The molecule has 0 aromatic carbocycles. The second kappa shape index (κ2) is 5.28. The summed E-state index contributed by atoms with van der Waals surface area (Å²) in [6.45, 7) is 6.34. The maximum absolute atomic E-state index is 5.60. The summed E-state index contributed by atoms with van der Waals surface area (Å²) in [4.78, 5) is 2.50. The van der Waals surface area contributed by atoms with Crippen molar-refractivity contribution in [1.82, 2.24) is 10.2 Å². The van der Waals surface area contributed by atoms with E-state index in [1.807, 2.05) is 0 Å². The van der Waals surface area contributed by atoms with Crippen molar-refractivity contribution >= 4 is 0 Å². The summed E-state index contributed by atoms with van der Waals surface area (Å²) in [5.41, 5.74) is 0. The Bertz CT molecular complexity index is 192. The zero-order valence-electron chi connectivity index (χ0n) is 10.0.